The van der Waals surface area contributed by atoms with Crippen molar-refractivity contribution in [2.45, 2.75) is 57.0 Å². The number of benzene rings is 2. The number of piperazine rings is 1. The summed E-state index contributed by atoms with van der Waals surface area (Å²) in [5.41, 5.74) is 6.23. The van der Waals surface area contributed by atoms with E-state index < -0.39 is 10.0 Å². The highest BCUT2D eigenvalue weighted by Crippen LogP contribution is 2.36. The van der Waals surface area contributed by atoms with Crippen LogP contribution in [0.15, 0.2) is 48.7 Å². The first kappa shape index (κ1) is 25.1. The van der Waals surface area contributed by atoms with Gasteiger partial charge in [0.25, 0.3) is 0 Å². The highest BCUT2D eigenvalue weighted by atomic mass is 32.2. The molecule has 3 heterocycles. The summed E-state index contributed by atoms with van der Waals surface area (Å²) in [6.45, 7) is 6.67. The zero-order valence-electron chi connectivity index (χ0n) is 22.1. The Morgan fingerprint density at radius 3 is 2.37 bits per heavy atom. The molecule has 3 fully saturated rings. The number of rotatable bonds is 9. The summed E-state index contributed by atoms with van der Waals surface area (Å²) in [6.07, 6.45) is 4.58. The molecule has 0 spiro atoms. The monoisotopic (exact) mass is 533 g/mol. The van der Waals surface area contributed by atoms with Crippen molar-refractivity contribution in [1.82, 2.24) is 19.6 Å². The summed E-state index contributed by atoms with van der Waals surface area (Å²) in [5.74, 6) is 1.24. The van der Waals surface area contributed by atoms with E-state index in [1.165, 1.54) is 17.7 Å². The normalized spacial score (nSPS) is 21.2. The summed E-state index contributed by atoms with van der Waals surface area (Å²) in [5, 5.41) is 6.51. The average Bonchev–Trinajstić information content (AvgIpc) is 3.60. The van der Waals surface area contributed by atoms with E-state index in [9.17, 15) is 8.42 Å². The number of aryl methyl sites for hydroxylation is 2. The number of nitrogens with zero attached hydrogens (tertiary/aromatic N) is 4. The van der Waals surface area contributed by atoms with E-state index in [2.05, 4.69) is 62.3 Å². The highest BCUT2D eigenvalue weighted by molar-refractivity contribution is 7.90. The second kappa shape index (κ2) is 9.83. The number of nitrogens with one attached hydrogen (secondary N) is 3. The minimum Gasteiger partial charge on any atom is -0.365 e. The lowest BCUT2D eigenvalue weighted by atomic mass is 10.1. The molecular weight excluding hydrogens is 498 g/mol. The first-order chi connectivity index (χ1) is 18.2. The fourth-order valence-corrected chi connectivity index (χ4v) is 6.86. The van der Waals surface area contributed by atoms with Crippen LogP contribution < -0.4 is 20.3 Å². The van der Waals surface area contributed by atoms with E-state index in [-0.39, 0.29) is 5.25 Å². The number of aromatic nitrogens is 2. The molecule has 3 N–H and O–H groups in total. The number of hydrogen-bond acceptors (Lipinski definition) is 8. The van der Waals surface area contributed by atoms with E-state index in [0.717, 1.165) is 54.3 Å². The van der Waals surface area contributed by atoms with Crippen LogP contribution in [0.5, 0.6) is 0 Å². The summed E-state index contributed by atoms with van der Waals surface area (Å²) in [6, 6.07) is 15.4. The Bertz CT molecular complexity index is 1440. The molecule has 3 aromatic rings. The molecule has 2 unspecified atom stereocenters. The molecule has 10 heteroatoms. The number of likely N-dealkylation sites (tertiary alicyclic amines) is 1. The molecule has 200 valence electrons. The third kappa shape index (κ3) is 5.21. The molecule has 9 nitrogen and oxygen atoms in total. The third-order valence-corrected chi connectivity index (χ3v) is 9.80. The fourth-order valence-electron chi connectivity index (χ4n) is 5.50. The molecule has 6 rings (SSSR count). The quantitative estimate of drug-likeness (QED) is 0.379. The van der Waals surface area contributed by atoms with Crippen molar-refractivity contribution < 1.29 is 8.42 Å². The standard InChI is InChI=1S/C28H35N7O2S/c1-18-12-22(8-11-26(18)35-17-23-13-24(35)16-34(23)3)32-28-29-14-19(2)27(33-28)31-21-6-4-20(5-7-21)15-30-38(36,37)25-9-10-25/h4-8,11-12,14,23-25,30H,9-10,13,15-17H2,1-3H3,(H2,29,31,32,33). The molecule has 2 aromatic carbocycles. The van der Waals surface area contributed by atoms with Gasteiger partial charge < -0.3 is 15.5 Å². The minimum atomic E-state index is -3.19. The topological polar surface area (TPSA) is 102 Å². The Labute approximate surface area is 224 Å². The van der Waals surface area contributed by atoms with Crippen LogP contribution in [0.3, 0.4) is 0 Å². The van der Waals surface area contributed by atoms with Gasteiger partial charge in [0.05, 0.1) is 5.25 Å². The lowest BCUT2D eigenvalue weighted by Gasteiger charge is -2.34. The van der Waals surface area contributed by atoms with Gasteiger partial charge >= 0.3 is 0 Å². The van der Waals surface area contributed by atoms with Crippen LogP contribution in [0.4, 0.5) is 28.8 Å². The van der Waals surface area contributed by atoms with Crippen LogP contribution in [-0.2, 0) is 16.6 Å². The molecule has 0 amide bonds. The Hall–Kier alpha value is -3.21. The smallest absolute Gasteiger partial charge is 0.229 e. The van der Waals surface area contributed by atoms with Gasteiger partial charge in [0.1, 0.15) is 5.82 Å². The Morgan fingerprint density at radius 1 is 0.947 bits per heavy atom. The largest absolute Gasteiger partial charge is 0.365 e. The number of anilines is 5. The summed E-state index contributed by atoms with van der Waals surface area (Å²) in [4.78, 5) is 14.2. The molecule has 1 saturated carbocycles. The first-order valence-electron chi connectivity index (χ1n) is 13.3. The molecular formula is C28H35N7O2S. The molecule has 2 aliphatic heterocycles. The maximum absolute atomic E-state index is 12.1. The minimum absolute atomic E-state index is 0.212. The van der Waals surface area contributed by atoms with Crippen LogP contribution in [0.2, 0.25) is 0 Å². The molecule has 1 aliphatic carbocycles. The predicted octanol–water partition coefficient (Wildman–Crippen LogP) is 4.06. The van der Waals surface area contributed by atoms with Crippen LogP contribution in [-0.4, -0.2) is 60.8 Å². The van der Waals surface area contributed by atoms with Crippen molar-refractivity contribution in [2.75, 3.05) is 35.7 Å². The van der Waals surface area contributed by atoms with Crippen molar-refractivity contribution in [2.24, 2.45) is 0 Å². The Morgan fingerprint density at radius 2 is 1.71 bits per heavy atom. The van der Waals surface area contributed by atoms with E-state index >= 15 is 0 Å². The molecule has 3 aliphatic rings. The average molecular weight is 534 g/mol. The Kier molecular flexibility index (Phi) is 6.49. The lowest BCUT2D eigenvalue weighted by Crippen LogP contribution is -2.44. The highest BCUT2D eigenvalue weighted by Gasteiger charge is 2.41. The van der Waals surface area contributed by atoms with Crippen molar-refractivity contribution in [3.8, 4) is 0 Å². The van der Waals surface area contributed by atoms with Gasteiger partial charge in [0.15, 0.2) is 0 Å². The second-order valence-electron chi connectivity index (χ2n) is 10.9. The third-order valence-electron chi connectivity index (χ3n) is 7.91. The first-order valence-corrected chi connectivity index (χ1v) is 14.8. The van der Waals surface area contributed by atoms with Crippen molar-refractivity contribution in [3.05, 3.63) is 65.4 Å². The number of likely N-dealkylation sites (N-methyl/N-ethyl adjacent to an activating group) is 1. The molecule has 2 saturated heterocycles. The van der Waals surface area contributed by atoms with Gasteiger partial charge in [-0.05, 0) is 81.6 Å². The maximum atomic E-state index is 12.1. The molecule has 2 atom stereocenters. The van der Waals surface area contributed by atoms with Crippen LogP contribution in [0, 0.1) is 13.8 Å². The second-order valence-corrected chi connectivity index (χ2v) is 12.9. The zero-order valence-corrected chi connectivity index (χ0v) is 22.9. The van der Waals surface area contributed by atoms with E-state index in [1.54, 1.807) is 6.20 Å². The fraction of sp³-hybridized carbons (Fsp3) is 0.429. The van der Waals surface area contributed by atoms with Crippen molar-refractivity contribution in [3.63, 3.8) is 0 Å². The molecule has 0 radical (unpaired) electrons. The van der Waals surface area contributed by atoms with Gasteiger partial charge in [-0.3, -0.25) is 4.90 Å². The zero-order chi connectivity index (χ0) is 26.4. The Balaban J connectivity index is 1.10. The number of fused-ring (bicyclic) bond motifs is 2. The van der Waals surface area contributed by atoms with Gasteiger partial charge in [-0.2, -0.15) is 4.98 Å². The summed E-state index contributed by atoms with van der Waals surface area (Å²) < 4.78 is 26.8. The van der Waals surface area contributed by atoms with E-state index in [4.69, 9.17) is 4.98 Å². The van der Waals surface area contributed by atoms with Gasteiger partial charge in [-0.1, -0.05) is 12.1 Å². The lowest BCUT2D eigenvalue weighted by molar-refractivity contribution is 0.292. The van der Waals surface area contributed by atoms with Gasteiger partial charge in [-0.15, -0.1) is 0 Å². The molecule has 38 heavy (non-hydrogen) atoms. The van der Waals surface area contributed by atoms with Gasteiger partial charge in [-0.25, -0.2) is 18.1 Å². The predicted molar refractivity (Wildman–Crippen MR) is 152 cm³/mol. The van der Waals surface area contributed by atoms with Crippen LogP contribution >= 0.6 is 0 Å². The SMILES string of the molecule is Cc1cc(Nc2ncc(C)c(Nc3ccc(CNS(=O)(=O)C4CC4)cc3)n2)ccc1N1CC2CC1CN2C. The van der Waals surface area contributed by atoms with Crippen molar-refractivity contribution in [1.29, 1.82) is 0 Å². The van der Waals surface area contributed by atoms with E-state index in [0.29, 0.717) is 24.6 Å². The van der Waals surface area contributed by atoms with Gasteiger partial charge in [0.2, 0.25) is 16.0 Å². The summed E-state index contributed by atoms with van der Waals surface area (Å²) >= 11 is 0. The van der Waals surface area contributed by atoms with Gasteiger partial charge in [0, 0.05) is 60.5 Å². The van der Waals surface area contributed by atoms with Crippen LogP contribution in [0.25, 0.3) is 0 Å². The number of sulfonamides is 1. The maximum Gasteiger partial charge on any atom is 0.229 e. The number of hydrogen-bond donors (Lipinski definition) is 3. The molecule has 1 aromatic heterocycles. The van der Waals surface area contributed by atoms with Crippen molar-refractivity contribution >= 4 is 38.9 Å². The molecule has 2 bridgehead atoms. The van der Waals surface area contributed by atoms with Crippen LogP contribution in [0.1, 0.15) is 36.0 Å². The summed E-state index contributed by atoms with van der Waals surface area (Å²) in [7, 11) is -0.961. The van der Waals surface area contributed by atoms with E-state index in [1.807, 2.05) is 31.2 Å².